The van der Waals surface area contributed by atoms with Gasteiger partial charge in [0.2, 0.25) is 0 Å². The number of nitrogens with one attached hydrogen (secondary N) is 1. The van der Waals surface area contributed by atoms with Crippen molar-refractivity contribution in [2.45, 2.75) is 50.7 Å². The Morgan fingerprint density at radius 3 is 2.45 bits per heavy atom. The van der Waals surface area contributed by atoms with Crippen LogP contribution in [0.3, 0.4) is 0 Å². The Kier molecular flexibility index (Phi) is 5.61. The van der Waals surface area contributed by atoms with Gasteiger partial charge >= 0.3 is 0 Å². The molecule has 1 unspecified atom stereocenters. The van der Waals surface area contributed by atoms with Gasteiger partial charge in [-0.2, -0.15) is 0 Å². The first-order chi connectivity index (χ1) is 9.59. The highest BCUT2D eigenvalue weighted by Crippen LogP contribution is 2.37. The third kappa shape index (κ3) is 3.61. The second kappa shape index (κ2) is 7.03. The average Bonchev–Trinajstić information content (AvgIpc) is 2.48. The molecule has 0 saturated heterocycles. The number of methoxy groups -OCH3 is 1. The second-order valence-electron chi connectivity index (χ2n) is 6.00. The van der Waals surface area contributed by atoms with Crippen molar-refractivity contribution in [3.05, 3.63) is 34.3 Å². The quantitative estimate of drug-likeness (QED) is 0.637. The number of rotatable bonds is 5. The van der Waals surface area contributed by atoms with Crippen LogP contribution in [0.15, 0.2) is 28.7 Å². The van der Waals surface area contributed by atoms with Crippen LogP contribution in [0, 0.1) is 5.92 Å². The summed E-state index contributed by atoms with van der Waals surface area (Å²) in [5.41, 5.74) is 4.16. The highest BCUT2D eigenvalue weighted by atomic mass is 79.9. The molecule has 0 amide bonds. The van der Waals surface area contributed by atoms with Crippen LogP contribution in [0.2, 0.25) is 0 Å². The molecule has 1 fully saturated rings. The van der Waals surface area contributed by atoms with Crippen LogP contribution in [0.25, 0.3) is 0 Å². The van der Waals surface area contributed by atoms with E-state index in [4.69, 9.17) is 10.6 Å². The normalized spacial score (nSPS) is 28.3. The van der Waals surface area contributed by atoms with Crippen LogP contribution < -0.4 is 11.3 Å². The molecule has 0 radical (unpaired) electrons. The molecule has 2 rings (SSSR count). The number of halogens is 1. The molecule has 0 aliphatic heterocycles. The van der Waals surface area contributed by atoms with Crippen LogP contribution in [-0.4, -0.2) is 18.8 Å². The molecule has 0 bridgehead atoms. The Bertz CT molecular complexity index is 413. The summed E-state index contributed by atoms with van der Waals surface area (Å²) in [4.78, 5) is 0. The van der Waals surface area contributed by atoms with Gasteiger partial charge in [-0.05, 0) is 55.7 Å². The Hall–Kier alpha value is -0.420. The lowest BCUT2D eigenvalue weighted by atomic mass is 9.74. The summed E-state index contributed by atoms with van der Waals surface area (Å²) in [5, 5.41) is 0. The van der Waals surface area contributed by atoms with E-state index >= 15 is 0 Å². The molecule has 1 aromatic rings. The fourth-order valence-electron chi connectivity index (χ4n) is 3.20. The van der Waals surface area contributed by atoms with Gasteiger partial charge in [-0.25, -0.2) is 0 Å². The van der Waals surface area contributed by atoms with E-state index in [-0.39, 0.29) is 11.6 Å². The van der Waals surface area contributed by atoms with Crippen molar-refractivity contribution in [3.8, 4) is 0 Å². The summed E-state index contributed by atoms with van der Waals surface area (Å²) in [7, 11) is 1.82. The second-order valence-corrected chi connectivity index (χ2v) is 6.92. The molecule has 0 aromatic heterocycles. The first kappa shape index (κ1) is 16.0. The highest BCUT2D eigenvalue weighted by Gasteiger charge is 2.41. The van der Waals surface area contributed by atoms with Gasteiger partial charge in [-0.3, -0.25) is 11.3 Å². The maximum Gasteiger partial charge on any atom is 0.0847 e. The SMILES string of the molecule is COC1(C(Cc2ccc(Br)cc2)NN)CCC(C)CC1. The van der Waals surface area contributed by atoms with Crippen LogP contribution >= 0.6 is 15.9 Å². The molecule has 112 valence electrons. The largest absolute Gasteiger partial charge is 0.377 e. The number of hydrazine groups is 1. The third-order valence-electron chi connectivity index (χ3n) is 4.72. The van der Waals surface area contributed by atoms with Gasteiger partial charge in [0.05, 0.1) is 11.6 Å². The van der Waals surface area contributed by atoms with Gasteiger partial charge in [0.15, 0.2) is 0 Å². The maximum atomic E-state index is 5.92. The van der Waals surface area contributed by atoms with Gasteiger partial charge in [0.25, 0.3) is 0 Å². The molecule has 1 saturated carbocycles. The predicted octanol–water partition coefficient (Wildman–Crippen LogP) is 3.42. The molecule has 4 heteroatoms. The van der Waals surface area contributed by atoms with Crippen LogP contribution in [-0.2, 0) is 11.2 Å². The van der Waals surface area contributed by atoms with Crippen LogP contribution in [0.1, 0.15) is 38.2 Å². The minimum Gasteiger partial charge on any atom is -0.377 e. The Morgan fingerprint density at radius 2 is 1.95 bits per heavy atom. The first-order valence-electron chi connectivity index (χ1n) is 7.35. The monoisotopic (exact) mass is 340 g/mol. The minimum absolute atomic E-state index is 0.131. The molecule has 1 aliphatic rings. The third-order valence-corrected chi connectivity index (χ3v) is 5.25. The van der Waals surface area contributed by atoms with E-state index in [0.717, 1.165) is 29.7 Å². The molecule has 3 N–H and O–H groups in total. The summed E-state index contributed by atoms with van der Waals surface area (Å²) in [6, 6.07) is 8.59. The molecule has 0 heterocycles. The lowest BCUT2D eigenvalue weighted by Crippen LogP contribution is -2.57. The van der Waals surface area contributed by atoms with E-state index in [1.807, 2.05) is 7.11 Å². The van der Waals surface area contributed by atoms with Gasteiger partial charge in [0.1, 0.15) is 0 Å². The number of nitrogens with two attached hydrogens (primary N) is 1. The van der Waals surface area contributed by atoms with E-state index in [9.17, 15) is 0 Å². The van der Waals surface area contributed by atoms with Gasteiger partial charge in [-0.15, -0.1) is 0 Å². The molecular formula is C16H25BrN2O. The molecular weight excluding hydrogens is 316 g/mol. The number of hydrogen-bond donors (Lipinski definition) is 2. The molecule has 1 aliphatic carbocycles. The van der Waals surface area contributed by atoms with Crippen molar-refractivity contribution >= 4 is 15.9 Å². The first-order valence-corrected chi connectivity index (χ1v) is 8.14. The standard InChI is InChI=1S/C16H25BrN2O/c1-12-7-9-16(20-2,10-8-12)15(19-18)11-13-3-5-14(17)6-4-13/h3-6,12,15,19H,7-11,18H2,1-2H3. The minimum atomic E-state index is -0.131. The van der Waals surface area contributed by atoms with Gasteiger partial charge in [-0.1, -0.05) is 35.0 Å². The van der Waals surface area contributed by atoms with E-state index in [1.54, 1.807) is 0 Å². The maximum absolute atomic E-state index is 5.92. The predicted molar refractivity (Wildman–Crippen MR) is 86.3 cm³/mol. The van der Waals surface area contributed by atoms with Crippen molar-refractivity contribution in [1.82, 2.24) is 5.43 Å². The number of ether oxygens (including phenoxy) is 1. The van der Waals surface area contributed by atoms with Crippen molar-refractivity contribution in [1.29, 1.82) is 0 Å². The van der Waals surface area contributed by atoms with Crippen molar-refractivity contribution in [2.24, 2.45) is 11.8 Å². The highest BCUT2D eigenvalue weighted by molar-refractivity contribution is 9.10. The molecule has 0 spiro atoms. The van der Waals surface area contributed by atoms with E-state index in [1.165, 1.54) is 18.4 Å². The average molecular weight is 341 g/mol. The van der Waals surface area contributed by atoms with E-state index in [2.05, 4.69) is 52.5 Å². The van der Waals surface area contributed by atoms with Gasteiger partial charge < -0.3 is 4.74 Å². The number of benzene rings is 1. The Balaban J connectivity index is 2.11. The summed E-state index contributed by atoms with van der Waals surface area (Å²) >= 11 is 3.47. The smallest absolute Gasteiger partial charge is 0.0847 e. The summed E-state index contributed by atoms with van der Waals surface area (Å²) < 4.78 is 7.03. The molecule has 1 atom stereocenters. The van der Waals surface area contributed by atoms with Crippen LogP contribution in [0.4, 0.5) is 0 Å². The zero-order valence-electron chi connectivity index (χ0n) is 12.4. The summed E-state index contributed by atoms with van der Waals surface area (Å²) in [6.07, 6.45) is 5.48. The lowest BCUT2D eigenvalue weighted by Gasteiger charge is -2.43. The zero-order chi connectivity index (χ0) is 14.6. The fourth-order valence-corrected chi connectivity index (χ4v) is 3.46. The van der Waals surface area contributed by atoms with E-state index < -0.39 is 0 Å². The molecule has 20 heavy (non-hydrogen) atoms. The Labute approximate surface area is 130 Å². The summed E-state index contributed by atoms with van der Waals surface area (Å²) in [5.74, 6) is 6.63. The topological polar surface area (TPSA) is 47.3 Å². The zero-order valence-corrected chi connectivity index (χ0v) is 13.9. The number of hydrogen-bond acceptors (Lipinski definition) is 3. The van der Waals surface area contributed by atoms with Gasteiger partial charge in [0, 0.05) is 11.6 Å². The summed E-state index contributed by atoms with van der Waals surface area (Å²) in [6.45, 7) is 2.32. The van der Waals surface area contributed by atoms with Crippen molar-refractivity contribution in [2.75, 3.05) is 7.11 Å². The Morgan fingerprint density at radius 1 is 1.35 bits per heavy atom. The van der Waals surface area contributed by atoms with Crippen molar-refractivity contribution < 1.29 is 4.74 Å². The fraction of sp³-hybridized carbons (Fsp3) is 0.625. The van der Waals surface area contributed by atoms with E-state index in [0.29, 0.717) is 0 Å². The van der Waals surface area contributed by atoms with Crippen LogP contribution in [0.5, 0.6) is 0 Å². The molecule has 3 nitrogen and oxygen atoms in total. The molecule has 1 aromatic carbocycles. The lowest BCUT2D eigenvalue weighted by molar-refractivity contribution is -0.0746. The van der Waals surface area contributed by atoms with Crippen molar-refractivity contribution in [3.63, 3.8) is 0 Å².